The van der Waals surface area contributed by atoms with E-state index in [-0.39, 0.29) is 0 Å². The number of thiol groups is 1. The van der Waals surface area contributed by atoms with Gasteiger partial charge in [-0.05, 0) is 42.2 Å². The molecule has 1 aromatic rings. The third-order valence-electron chi connectivity index (χ3n) is 2.12. The second-order valence-corrected chi connectivity index (χ2v) is 4.81. The molecule has 1 unspecified atom stereocenters. The number of rotatable bonds is 4. The Bertz CT molecular complexity index is 243. The van der Waals surface area contributed by atoms with Crippen LogP contribution in [0.15, 0.2) is 28.7 Å². The van der Waals surface area contributed by atoms with Crippen LogP contribution in [0.3, 0.4) is 0 Å². The highest BCUT2D eigenvalue weighted by Crippen LogP contribution is 2.15. The highest BCUT2D eigenvalue weighted by molar-refractivity contribution is 9.10. The SMILES string of the molecule is CC(CCS)Cc1ccc(Br)cc1. The lowest BCUT2D eigenvalue weighted by atomic mass is 9.99. The number of hydrogen-bond donors (Lipinski definition) is 1. The van der Waals surface area contributed by atoms with Gasteiger partial charge in [0.15, 0.2) is 0 Å². The molecule has 0 amide bonds. The molecule has 2 heteroatoms. The maximum Gasteiger partial charge on any atom is 0.0175 e. The maximum absolute atomic E-state index is 4.24. The largest absolute Gasteiger partial charge is 0.179 e. The van der Waals surface area contributed by atoms with Gasteiger partial charge in [0.1, 0.15) is 0 Å². The molecule has 0 aliphatic heterocycles. The molecule has 0 aliphatic carbocycles. The fourth-order valence-electron chi connectivity index (χ4n) is 1.35. The van der Waals surface area contributed by atoms with E-state index in [9.17, 15) is 0 Å². The van der Waals surface area contributed by atoms with E-state index < -0.39 is 0 Å². The van der Waals surface area contributed by atoms with E-state index in [0.29, 0.717) is 0 Å². The Morgan fingerprint density at radius 2 is 1.92 bits per heavy atom. The van der Waals surface area contributed by atoms with Crippen molar-refractivity contribution in [3.05, 3.63) is 34.3 Å². The molecule has 0 aliphatic rings. The van der Waals surface area contributed by atoms with Gasteiger partial charge in [0.25, 0.3) is 0 Å². The topological polar surface area (TPSA) is 0 Å². The summed E-state index contributed by atoms with van der Waals surface area (Å²) in [5.74, 6) is 1.72. The minimum atomic E-state index is 0.735. The molecule has 0 bridgehead atoms. The molecule has 72 valence electrons. The highest BCUT2D eigenvalue weighted by Gasteiger charge is 2.01. The zero-order valence-corrected chi connectivity index (χ0v) is 10.3. The first kappa shape index (κ1) is 11.1. The van der Waals surface area contributed by atoms with Crippen LogP contribution in [0.1, 0.15) is 18.9 Å². The lowest BCUT2D eigenvalue weighted by Gasteiger charge is -2.09. The first-order chi connectivity index (χ1) is 6.22. The average molecular weight is 259 g/mol. The van der Waals surface area contributed by atoms with Crippen LogP contribution < -0.4 is 0 Å². The zero-order chi connectivity index (χ0) is 9.68. The van der Waals surface area contributed by atoms with Crippen LogP contribution >= 0.6 is 28.6 Å². The minimum Gasteiger partial charge on any atom is -0.179 e. The zero-order valence-electron chi connectivity index (χ0n) is 7.83. The van der Waals surface area contributed by atoms with Gasteiger partial charge >= 0.3 is 0 Å². The number of hydrogen-bond acceptors (Lipinski definition) is 1. The van der Waals surface area contributed by atoms with Crippen LogP contribution in [0.2, 0.25) is 0 Å². The Morgan fingerprint density at radius 1 is 1.31 bits per heavy atom. The summed E-state index contributed by atoms with van der Waals surface area (Å²) in [6.07, 6.45) is 2.35. The van der Waals surface area contributed by atoms with E-state index in [1.165, 1.54) is 12.0 Å². The molecule has 0 saturated carbocycles. The van der Waals surface area contributed by atoms with E-state index in [4.69, 9.17) is 0 Å². The fourth-order valence-corrected chi connectivity index (χ4v) is 2.05. The Balaban J connectivity index is 2.49. The summed E-state index contributed by atoms with van der Waals surface area (Å²) in [6.45, 7) is 2.28. The summed E-state index contributed by atoms with van der Waals surface area (Å²) in [7, 11) is 0. The van der Waals surface area contributed by atoms with E-state index in [0.717, 1.165) is 22.6 Å². The van der Waals surface area contributed by atoms with Crippen LogP contribution in [-0.4, -0.2) is 5.75 Å². The number of halogens is 1. The molecule has 0 heterocycles. The van der Waals surface area contributed by atoms with Crippen molar-refractivity contribution in [3.63, 3.8) is 0 Å². The standard InChI is InChI=1S/C11H15BrS/c1-9(6-7-13)8-10-2-4-11(12)5-3-10/h2-5,9,13H,6-8H2,1H3. The summed E-state index contributed by atoms with van der Waals surface area (Å²) in [4.78, 5) is 0. The van der Waals surface area contributed by atoms with E-state index in [1.54, 1.807) is 0 Å². The van der Waals surface area contributed by atoms with Gasteiger partial charge in [0, 0.05) is 4.47 Å². The molecule has 0 fully saturated rings. The second-order valence-electron chi connectivity index (χ2n) is 3.45. The Kier molecular flexibility index (Phi) is 4.89. The Labute approximate surface area is 94.3 Å². The molecule has 0 nitrogen and oxygen atoms in total. The predicted octanol–water partition coefficient (Wildman–Crippen LogP) is 3.95. The van der Waals surface area contributed by atoms with Crippen molar-refractivity contribution in [2.75, 3.05) is 5.75 Å². The van der Waals surface area contributed by atoms with Gasteiger partial charge in [-0.3, -0.25) is 0 Å². The van der Waals surface area contributed by atoms with Gasteiger partial charge in [-0.15, -0.1) is 0 Å². The lowest BCUT2D eigenvalue weighted by molar-refractivity contribution is 0.566. The molecule has 0 saturated heterocycles. The normalized spacial score (nSPS) is 12.8. The number of benzene rings is 1. The Hall–Kier alpha value is 0.0500. The van der Waals surface area contributed by atoms with Crippen LogP contribution in [0.25, 0.3) is 0 Å². The maximum atomic E-state index is 4.24. The van der Waals surface area contributed by atoms with Gasteiger partial charge < -0.3 is 0 Å². The van der Waals surface area contributed by atoms with Crippen molar-refractivity contribution in [1.29, 1.82) is 0 Å². The molecule has 0 radical (unpaired) electrons. The Morgan fingerprint density at radius 3 is 2.46 bits per heavy atom. The molecular formula is C11H15BrS. The molecule has 13 heavy (non-hydrogen) atoms. The minimum absolute atomic E-state index is 0.735. The van der Waals surface area contributed by atoms with Gasteiger partial charge in [-0.1, -0.05) is 35.0 Å². The highest BCUT2D eigenvalue weighted by atomic mass is 79.9. The van der Waals surface area contributed by atoms with Crippen LogP contribution in [0.4, 0.5) is 0 Å². The summed E-state index contributed by atoms with van der Waals surface area (Å²) in [6, 6.07) is 8.56. The summed E-state index contributed by atoms with van der Waals surface area (Å²) in [5, 5.41) is 0. The van der Waals surface area contributed by atoms with E-state index >= 15 is 0 Å². The first-order valence-corrected chi connectivity index (χ1v) is 6.00. The molecular weight excluding hydrogens is 244 g/mol. The molecule has 0 aromatic heterocycles. The summed E-state index contributed by atoms with van der Waals surface area (Å²) >= 11 is 7.67. The van der Waals surface area contributed by atoms with Crippen LogP contribution in [0.5, 0.6) is 0 Å². The second kappa shape index (κ2) is 5.71. The van der Waals surface area contributed by atoms with Crippen LogP contribution in [0, 0.1) is 5.92 Å². The predicted molar refractivity (Wildman–Crippen MR) is 65.5 cm³/mol. The van der Waals surface area contributed by atoms with Crippen molar-refractivity contribution in [2.24, 2.45) is 5.92 Å². The van der Waals surface area contributed by atoms with Crippen molar-refractivity contribution in [3.8, 4) is 0 Å². The molecule has 1 aromatic carbocycles. The average Bonchev–Trinajstić information content (AvgIpc) is 2.09. The summed E-state index contributed by atoms with van der Waals surface area (Å²) in [5.41, 5.74) is 1.41. The van der Waals surface area contributed by atoms with Crippen molar-refractivity contribution >= 4 is 28.6 Å². The third-order valence-corrected chi connectivity index (χ3v) is 2.91. The quantitative estimate of drug-likeness (QED) is 0.778. The van der Waals surface area contributed by atoms with Crippen LogP contribution in [-0.2, 0) is 6.42 Å². The molecule has 0 spiro atoms. The lowest BCUT2D eigenvalue weighted by Crippen LogP contribution is -2.00. The van der Waals surface area contributed by atoms with Crippen molar-refractivity contribution in [1.82, 2.24) is 0 Å². The van der Waals surface area contributed by atoms with Gasteiger partial charge in [-0.2, -0.15) is 12.6 Å². The van der Waals surface area contributed by atoms with Crippen molar-refractivity contribution < 1.29 is 0 Å². The third kappa shape index (κ3) is 4.19. The fraction of sp³-hybridized carbons (Fsp3) is 0.455. The first-order valence-electron chi connectivity index (χ1n) is 4.57. The molecule has 1 atom stereocenters. The van der Waals surface area contributed by atoms with Crippen molar-refractivity contribution in [2.45, 2.75) is 19.8 Å². The van der Waals surface area contributed by atoms with Gasteiger partial charge in [-0.25, -0.2) is 0 Å². The van der Waals surface area contributed by atoms with E-state index in [1.807, 2.05) is 0 Å². The summed E-state index contributed by atoms with van der Waals surface area (Å²) < 4.78 is 1.15. The smallest absolute Gasteiger partial charge is 0.0175 e. The van der Waals surface area contributed by atoms with E-state index in [2.05, 4.69) is 59.7 Å². The molecule has 1 rings (SSSR count). The van der Waals surface area contributed by atoms with Gasteiger partial charge in [0.05, 0.1) is 0 Å². The van der Waals surface area contributed by atoms with Gasteiger partial charge in [0.2, 0.25) is 0 Å². The monoisotopic (exact) mass is 258 g/mol. The molecule has 0 N–H and O–H groups in total.